The van der Waals surface area contributed by atoms with Crippen molar-refractivity contribution >= 4 is 5.91 Å². The highest BCUT2D eigenvalue weighted by atomic mass is 16.6. The molecule has 0 bridgehead atoms. The minimum Gasteiger partial charge on any atom is -0.486 e. The number of amides is 1. The van der Waals surface area contributed by atoms with Crippen LogP contribution in [0.15, 0.2) is 30.4 Å². The van der Waals surface area contributed by atoms with Crippen LogP contribution >= 0.6 is 0 Å². The zero-order chi connectivity index (χ0) is 15.6. The predicted molar refractivity (Wildman–Crippen MR) is 87.6 cm³/mol. The van der Waals surface area contributed by atoms with E-state index in [1.54, 1.807) is 0 Å². The van der Waals surface area contributed by atoms with Crippen molar-refractivity contribution in [1.82, 2.24) is 4.90 Å². The van der Waals surface area contributed by atoms with Gasteiger partial charge in [-0.25, -0.2) is 0 Å². The summed E-state index contributed by atoms with van der Waals surface area (Å²) in [5.74, 6) is 2.11. The summed E-state index contributed by atoms with van der Waals surface area (Å²) in [6.07, 6.45) is 9.28. The Kier molecular flexibility index (Phi) is 3.98. The molecule has 1 amide bonds. The van der Waals surface area contributed by atoms with Gasteiger partial charge < -0.3 is 14.4 Å². The van der Waals surface area contributed by atoms with Crippen LogP contribution < -0.4 is 9.47 Å². The van der Waals surface area contributed by atoms with Crippen LogP contribution in [0.4, 0.5) is 0 Å². The lowest BCUT2D eigenvalue weighted by molar-refractivity contribution is -0.136. The number of allylic oxidation sites excluding steroid dienone is 2. The van der Waals surface area contributed by atoms with Crippen LogP contribution in [0.2, 0.25) is 0 Å². The van der Waals surface area contributed by atoms with Gasteiger partial charge in [0.2, 0.25) is 5.91 Å². The third-order valence-corrected chi connectivity index (χ3v) is 5.11. The number of nitrogens with zero attached hydrogens (tertiary/aromatic N) is 1. The summed E-state index contributed by atoms with van der Waals surface area (Å²) < 4.78 is 11.6. The number of carbonyl (C=O) groups excluding carboxylic acids is 1. The molecule has 1 aromatic rings. The maximum atomic E-state index is 13.0. The molecule has 0 saturated carbocycles. The molecule has 4 rings (SSSR count). The fourth-order valence-corrected chi connectivity index (χ4v) is 3.96. The Labute approximate surface area is 137 Å². The second kappa shape index (κ2) is 6.26. The Morgan fingerprint density at radius 3 is 2.91 bits per heavy atom. The molecule has 2 heterocycles. The van der Waals surface area contributed by atoms with Crippen LogP contribution in [0.25, 0.3) is 0 Å². The lowest BCUT2D eigenvalue weighted by atomic mass is 9.92. The summed E-state index contributed by atoms with van der Waals surface area (Å²) in [5, 5.41) is 0. The Balaban J connectivity index is 1.61. The molecule has 0 aromatic heterocycles. The number of fused-ring (bicyclic) bond motifs is 1. The number of hydrogen-bond acceptors (Lipinski definition) is 3. The lowest BCUT2D eigenvalue weighted by Crippen LogP contribution is -2.36. The Bertz CT molecular complexity index is 625. The normalized spacial score (nSPS) is 26.3. The van der Waals surface area contributed by atoms with E-state index in [2.05, 4.69) is 23.1 Å². The third kappa shape index (κ3) is 2.71. The van der Waals surface area contributed by atoms with Crippen molar-refractivity contribution in [1.29, 1.82) is 0 Å². The van der Waals surface area contributed by atoms with Gasteiger partial charge in [0.25, 0.3) is 0 Å². The molecule has 4 nitrogen and oxygen atoms in total. The first kappa shape index (κ1) is 14.6. The first-order valence-corrected chi connectivity index (χ1v) is 8.68. The van der Waals surface area contributed by atoms with E-state index in [1.165, 1.54) is 0 Å². The first-order chi connectivity index (χ1) is 11.3. The molecule has 2 aliphatic heterocycles. The summed E-state index contributed by atoms with van der Waals surface area (Å²) in [4.78, 5) is 15.1. The Hall–Kier alpha value is -1.97. The predicted octanol–water partition coefficient (Wildman–Crippen LogP) is 3.48. The summed E-state index contributed by atoms with van der Waals surface area (Å²) in [7, 11) is 0. The Morgan fingerprint density at radius 2 is 2.04 bits per heavy atom. The topological polar surface area (TPSA) is 38.8 Å². The lowest BCUT2D eigenvalue weighted by Gasteiger charge is -2.31. The van der Waals surface area contributed by atoms with E-state index in [-0.39, 0.29) is 12.0 Å². The number of carbonyl (C=O) groups is 1. The second-order valence-corrected chi connectivity index (χ2v) is 6.54. The molecule has 1 aliphatic carbocycles. The van der Waals surface area contributed by atoms with E-state index < -0.39 is 0 Å². The van der Waals surface area contributed by atoms with E-state index in [0.717, 1.165) is 55.7 Å². The van der Waals surface area contributed by atoms with Crippen LogP contribution in [0.3, 0.4) is 0 Å². The fourth-order valence-electron chi connectivity index (χ4n) is 3.96. The highest BCUT2D eigenvalue weighted by Gasteiger charge is 2.36. The highest BCUT2D eigenvalue weighted by Crippen LogP contribution is 2.43. The molecule has 0 unspecified atom stereocenters. The van der Waals surface area contributed by atoms with Crippen LogP contribution in [0, 0.1) is 5.92 Å². The number of para-hydroxylation sites is 1. The molecule has 0 radical (unpaired) electrons. The molecule has 3 aliphatic rings. The summed E-state index contributed by atoms with van der Waals surface area (Å²) in [5.41, 5.74) is 1.11. The number of rotatable bonds is 2. The Morgan fingerprint density at radius 1 is 1.13 bits per heavy atom. The van der Waals surface area contributed by atoms with Gasteiger partial charge in [0, 0.05) is 18.0 Å². The van der Waals surface area contributed by atoms with Gasteiger partial charge in [0.15, 0.2) is 11.5 Å². The smallest absolute Gasteiger partial charge is 0.226 e. The van der Waals surface area contributed by atoms with Crippen molar-refractivity contribution in [2.75, 3.05) is 19.8 Å². The van der Waals surface area contributed by atoms with E-state index >= 15 is 0 Å². The summed E-state index contributed by atoms with van der Waals surface area (Å²) in [6, 6.07) is 6.17. The molecule has 0 spiro atoms. The molecular formula is C19H23NO3. The van der Waals surface area contributed by atoms with Crippen molar-refractivity contribution in [3.63, 3.8) is 0 Å². The van der Waals surface area contributed by atoms with Gasteiger partial charge in [0.05, 0.1) is 6.04 Å². The van der Waals surface area contributed by atoms with Crippen molar-refractivity contribution < 1.29 is 14.3 Å². The zero-order valence-corrected chi connectivity index (χ0v) is 13.4. The van der Waals surface area contributed by atoms with E-state index in [4.69, 9.17) is 9.47 Å². The van der Waals surface area contributed by atoms with Gasteiger partial charge in [-0.15, -0.1) is 0 Å². The molecule has 1 aromatic carbocycles. The fraction of sp³-hybridized carbons (Fsp3) is 0.526. The van der Waals surface area contributed by atoms with Crippen molar-refractivity contribution in [3.8, 4) is 11.5 Å². The number of ether oxygens (including phenoxy) is 2. The SMILES string of the molecule is O=C([C@@H]1CC=CCC1)N1CCC[C@@H]1c1cccc2c1OCCO2. The molecule has 23 heavy (non-hydrogen) atoms. The van der Waals surface area contributed by atoms with Crippen LogP contribution in [-0.4, -0.2) is 30.6 Å². The van der Waals surface area contributed by atoms with Crippen LogP contribution in [0.5, 0.6) is 11.5 Å². The number of benzene rings is 1. The van der Waals surface area contributed by atoms with Crippen LogP contribution in [-0.2, 0) is 4.79 Å². The van der Waals surface area contributed by atoms with Gasteiger partial charge in [-0.05, 0) is 38.2 Å². The minimum absolute atomic E-state index is 0.130. The van der Waals surface area contributed by atoms with Gasteiger partial charge in [-0.2, -0.15) is 0 Å². The van der Waals surface area contributed by atoms with Gasteiger partial charge in [0.1, 0.15) is 13.2 Å². The molecule has 2 atom stereocenters. The molecular weight excluding hydrogens is 290 g/mol. The average molecular weight is 313 g/mol. The molecule has 4 heteroatoms. The quantitative estimate of drug-likeness (QED) is 0.785. The van der Waals surface area contributed by atoms with Crippen molar-refractivity contribution in [2.45, 2.75) is 38.1 Å². The summed E-state index contributed by atoms with van der Waals surface area (Å²) in [6.45, 7) is 2.03. The average Bonchev–Trinajstić information content (AvgIpc) is 3.11. The monoisotopic (exact) mass is 313 g/mol. The summed E-state index contributed by atoms with van der Waals surface area (Å²) >= 11 is 0. The van der Waals surface area contributed by atoms with E-state index in [1.807, 2.05) is 12.1 Å². The molecule has 1 fully saturated rings. The minimum atomic E-state index is 0.130. The maximum absolute atomic E-state index is 13.0. The van der Waals surface area contributed by atoms with Crippen molar-refractivity contribution in [3.05, 3.63) is 35.9 Å². The third-order valence-electron chi connectivity index (χ3n) is 5.11. The molecule has 122 valence electrons. The largest absolute Gasteiger partial charge is 0.486 e. The first-order valence-electron chi connectivity index (χ1n) is 8.68. The highest BCUT2D eigenvalue weighted by molar-refractivity contribution is 5.80. The number of hydrogen-bond donors (Lipinski definition) is 0. The maximum Gasteiger partial charge on any atom is 0.226 e. The van der Waals surface area contributed by atoms with Crippen LogP contribution in [0.1, 0.15) is 43.7 Å². The van der Waals surface area contributed by atoms with Gasteiger partial charge in [-0.3, -0.25) is 4.79 Å². The van der Waals surface area contributed by atoms with Gasteiger partial charge >= 0.3 is 0 Å². The number of likely N-dealkylation sites (tertiary alicyclic amines) is 1. The second-order valence-electron chi connectivity index (χ2n) is 6.54. The van der Waals surface area contributed by atoms with E-state index in [0.29, 0.717) is 19.1 Å². The van der Waals surface area contributed by atoms with E-state index in [9.17, 15) is 4.79 Å². The van der Waals surface area contributed by atoms with Crippen molar-refractivity contribution in [2.24, 2.45) is 5.92 Å². The standard InChI is InChI=1S/C19H23NO3/c21-19(14-6-2-1-3-7-14)20-11-5-9-16(20)15-8-4-10-17-18(15)23-13-12-22-17/h1-2,4,8,10,14,16H,3,5-7,9,11-13H2/t14-,16-/m1/s1. The molecule has 0 N–H and O–H groups in total. The molecule has 1 saturated heterocycles. The zero-order valence-electron chi connectivity index (χ0n) is 13.4. The van der Waals surface area contributed by atoms with Gasteiger partial charge in [-0.1, -0.05) is 24.3 Å².